The van der Waals surface area contributed by atoms with E-state index in [1.54, 1.807) is 0 Å². The minimum absolute atomic E-state index is 0.157. The second kappa shape index (κ2) is 3.94. The molecule has 0 saturated carbocycles. The average molecular weight is 144 g/mol. The summed E-state index contributed by atoms with van der Waals surface area (Å²) in [5, 5.41) is 0. The summed E-state index contributed by atoms with van der Waals surface area (Å²) in [6.45, 7) is 6.98. The fraction of sp³-hybridized carbons (Fsp3) is 1.00. The number of nitrogens with two attached hydrogens (primary N) is 2. The number of hydrogen-bond donors (Lipinski definition) is 2. The van der Waals surface area contributed by atoms with Crippen molar-refractivity contribution in [3.8, 4) is 0 Å². The lowest BCUT2D eigenvalue weighted by Gasteiger charge is -2.25. The van der Waals surface area contributed by atoms with Crippen LogP contribution in [-0.4, -0.2) is 12.1 Å². The van der Waals surface area contributed by atoms with Gasteiger partial charge in [-0.15, -0.1) is 0 Å². The largest absolute Gasteiger partial charge is 0.329 e. The second-order valence-corrected chi connectivity index (χ2v) is 3.58. The van der Waals surface area contributed by atoms with Gasteiger partial charge in [0, 0.05) is 12.1 Å². The SMILES string of the molecule is CCC(C)CC(C)(N)CN. The monoisotopic (exact) mass is 144 g/mol. The first kappa shape index (κ1) is 9.92. The molecule has 0 aromatic rings. The first-order chi connectivity index (χ1) is 4.52. The predicted molar refractivity (Wildman–Crippen MR) is 45.7 cm³/mol. The molecule has 4 N–H and O–H groups in total. The van der Waals surface area contributed by atoms with Crippen molar-refractivity contribution >= 4 is 0 Å². The van der Waals surface area contributed by atoms with Gasteiger partial charge in [0.2, 0.25) is 0 Å². The standard InChI is InChI=1S/C8H20N2/c1-4-7(2)5-8(3,10)6-9/h7H,4-6,9-10H2,1-3H3. The van der Waals surface area contributed by atoms with E-state index in [1.165, 1.54) is 6.42 Å². The van der Waals surface area contributed by atoms with E-state index in [-0.39, 0.29) is 5.54 Å². The van der Waals surface area contributed by atoms with E-state index in [0.717, 1.165) is 6.42 Å². The van der Waals surface area contributed by atoms with Crippen LogP contribution in [0, 0.1) is 5.92 Å². The highest BCUT2D eigenvalue weighted by atomic mass is 14.8. The lowest BCUT2D eigenvalue weighted by molar-refractivity contribution is 0.355. The van der Waals surface area contributed by atoms with Gasteiger partial charge in [-0.2, -0.15) is 0 Å². The third-order valence-corrected chi connectivity index (χ3v) is 1.98. The molecule has 0 aliphatic carbocycles. The molecule has 0 rings (SSSR count). The Kier molecular flexibility index (Phi) is 3.91. The van der Waals surface area contributed by atoms with Crippen molar-refractivity contribution in [3.05, 3.63) is 0 Å². The van der Waals surface area contributed by atoms with Crippen LogP contribution >= 0.6 is 0 Å². The fourth-order valence-electron chi connectivity index (χ4n) is 1.02. The first-order valence-corrected chi connectivity index (χ1v) is 4.00. The topological polar surface area (TPSA) is 52.0 Å². The van der Waals surface area contributed by atoms with Gasteiger partial charge < -0.3 is 11.5 Å². The van der Waals surface area contributed by atoms with Gasteiger partial charge >= 0.3 is 0 Å². The normalized spacial score (nSPS) is 20.1. The zero-order valence-corrected chi connectivity index (χ0v) is 7.35. The van der Waals surface area contributed by atoms with Crippen LogP contribution in [0.5, 0.6) is 0 Å². The molecule has 0 aliphatic rings. The zero-order valence-electron chi connectivity index (χ0n) is 7.35. The molecule has 2 unspecified atom stereocenters. The van der Waals surface area contributed by atoms with Crippen molar-refractivity contribution in [2.24, 2.45) is 17.4 Å². The maximum Gasteiger partial charge on any atom is 0.0252 e. The first-order valence-electron chi connectivity index (χ1n) is 4.00. The van der Waals surface area contributed by atoms with E-state index >= 15 is 0 Å². The summed E-state index contributed by atoms with van der Waals surface area (Å²) in [7, 11) is 0. The zero-order chi connectivity index (χ0) is 8.20. The van der Waals surface area contributed by atoms with E-state index in [2.05, 4.69) is 13.8 Å². The van der Waals surface area contributed by atoms with Gasteiger partial charge in [-0.05, 0) is 19.3 Å². The van der Waals surface area contributed by atoms with E-state index in [4.69, 9.17) is 11.5 Å². The van der Waals surface area contributed by atoms with E-state index < -0.39 is 0 Å². The highest BCUT2D eigenvalue weighted by Gasteiger charge is 2.18. The van der Waals surface area contributed by atoms with Gasteiger partial charge in [0.15, 0.2) is 0 Å². The van der Waals surface area contributed by atoms with Crippen LogP contribution < -0.4 is 11.5 Å². The third-order valence-electron chi connectivity index (χ3n) is 1.98. The molecule has 2 atom stereocenters. The molecule has 0 saturated heterocycles. The maximum absolute atomic E-state index is 5.87. The highest BCUT2D eigenvalue weighted by molar-refractivity contribution is 4.80. The molecule has 62 valence electrons. The molecule has 0 spiro atoms. The van der Waals surface area contributed by atoms with E-state index in [9.17, 15) is 0 Å². The lowest BCUT2D eigenvalue weighted by atomic mass is 9.90. The minimum Gasteiger partial charge on any atom is -0.329 e. The number of hydrogen-bond acceptors (Lipinski definition) is 2. The molecule has 2 heteroatoms. The lowest BCUT2D eigenvalue weighted by Crippen LogP contribution is -2.45. The Labute approximate surface area is 64.0 Å². The molecule has 0 aliphatic heterocycles. The van der Waals surface area contributed by atoms with Crippen molar-refractivity contribution in [1.82, 2.24) is 0 Å². The minimum atomic E-state index is -0.157. The Hall–Kier alpha value is -0.0800. The molecular formula is C8H20N2. The van der Waals surface area contributed by atoms with E-state index in [1.807, 2.05) is 6.92 Å². The molecule has 2 nitrogen and oxygen atoms in total. The van der Waals surface area contributed by atoms with Crippen LogP contribution in [-0.2, 0) is 0 Å². The van der Waals surface area contributed by atoms with Gasteiger partial charge in [0.25, 0.3) is 0 Å². The van der Waals surface area contributed by atoms with Crippen molar-refractivity contribution in [2.75, 3.05) is 6.54 Å². The van der Waals surface area contributed by atoms with Crippen LogP contribution in [0.3, 0.4) is 0 Å². The smallest absolute Gasteiger partial charge is 0.0252 e. The van der Waals surface area contributed by atoms with Crippen LogP contribution in [0.4, 0.5) is 0 Å². The van der Waals surface area contributed by atoms with Crippen LogP contribution in [0.15, 0.2) is 0 Å². The summed E-state index contributed by atoms with van der Waals surface area (Å²) in [6, 6.07) is 0. The summed E-state index contributed by atoms with van der Waals surface area (Å²) in [5.74, 6) is 0.693. The highest BCUT2D eigenvalue weighted by Crippen LogP contribution is 2.15. The average Bonchev–Trinajstić information content (AvgIpc) is 1.87. The van der Waals surface area contributed by atoms with Crippen molar-refractivity contribution in [1.29, 1.82) is 0 Å². The van der Waals surface area contributed by atoms with Gasteiger partial charge in [-0.1, -0.05) is 20.3 Å². The molecule has 0 fully saturated rings. The summed E-state index contributed by atoms with van der Waals surface area (Å²) >= 11 is 0. The quantitative estimate of drug-likeness (QED) is 0.620. The molecule has 0 amide bonds. The molecule has 0 bridgehead atoms. The molecule has 0 aromatic heterocycles. The van der Waals surface area contributed by atoms with Gasteiger partial charge in [-0.25, -0.2) is 0 Å². The van der Waals surface area contributed by atoms with Crippen molar-refractivity contribution in [3.63, 3.8) is 0 Å². The molecule has 0 radical (unpaired) electrons. The Balaban J connectivity index is 3.64. The van der Waals surface area contributed by atoms with Crippen LogP contribution in [0.2, 0.25) is 0 Å². The summed E-state index contributed by atoms with van der Waals surface area (Å²) in [5.41, 5.74) is 11.2. The Morgan fingerprint density at radius 1 is 1.50 bits per heavy atom. The summed E-state index contributed by atoms with van der Waals surface area (Å²) in [4.78, 5) is 0. The Morgan fingerprint density at radius 2 is 2.00 bits per heavy atom. The maximum atomic E-state index is 5.87. The third kappa shape index (κ3) is 3.85. The summed E-state index contributed by atoms with van der Waals surface area (Å²) < 4.78 is 0. The van der Waals surface area contributed by atoms with Crippen molar-refractivity contribution < 1.29 is 0 Å². The van der Waals surface area contributed by atoms with E-state index in [0.29, 0.717) is 12.5 Å². The second-order valence-electron chi connectivity index (χ2n) is 3.58. The van der Waals surface area contributed by atoms with Gasteiger partial charge in [0.05, 0.1) is 0 Å². The molecular weight excluding hydrogens is 124 g/mol. The van der Waals surface area contributed by atoms with Crippen LogP contribution in [0.25, 0.3) is 0 Å². The molecule has 0 heterocycles. The predicted octanol–water partition coefficient (Wildman–Crippen LogP) is 1.10. The van der Waals surface area contributed by atoms with Gasteiger partial charge in [0.1, 0.15) is 0 Å². The fourth-order valence-corrected chi connectivity index (χ4v) is 1.02. The Morgan fingerprint density at radius 3 is 2.30 bits per heavy atom. The molecule has 10 heavy (non-hydrogen) atoms. The van der Waals surface area contributed by atoms with Crippen molar-refractivity contribution in [2.45, 2.75) is 39.2 Å². The number of rotatable bonds is 4. The summed E-state index contributed by atoms with van der Waals surface area (Å²) in [6.07, 6.45) is 2.22. The van der Waals surface area contributed by atoms with Gasteiger partial charge in [-0.3, -0.25) is 0 Å². The molecule has 0 aromatic carbocycles. The Bertz CT molecular complexity index is 89.3. The van der Waals surface area contributed by atoms with Crippen LogP contribution in [0.1, 0.15) is 33.6 Å².